The van der Waals surface area contributed by atoms with Gasteiger partial charge in [0, 0.05) is 37.4 Å². The lowest BCUT2D eigenvalue weighted by Crippen LogP contribution is -2.17. The van der Waals surface area contributed by atoms with Crippen molar-refractivity contribution in [3.05, 3.63) is 89.8 Å². The third kappa shape index (κ3) is 5.84. The summed E-state index contributed by atoms with van der Waals surface area (Å²) in [6.45, 7) is 0. The van der Waals surface area contributed by atoms with Crippen LogP contribution < -0.4 is 4.74 Å². The van der Waals surface area contributed by atoms with Crippen molar-refractivity contribution in [1.82, 2.24) is 9.97 Å². The lowest BCUT2D eigenvalue weighted by molar-refractivity contribution is -0.274. The van der Waals surface area contributed by atoms with Gasteiger partial charge >= 0.3 is 6.36 Å². The first-order valence-electron chi connectivity index (χ1n) is 8.68. The highest BCUT2D eigenvalue weighted by Gasteiger charge is 2.31. The largest absolute Gasteiger partial charge is 0.573 e. The van der Waals surface area contributed by atoms with Crippen LogP contribution in [-0.4, -0.2) is 22.1 Å². The Labute approximate surface area is 164 Å². The molecule has 0 radical (unpaired) electrons. The highest BCUT2D eigenvalue weighted by atomic mass is 19.4. The highest BCUT2D eigenvalue weighted by Crippen LogP contribution is 2.31. The Morgan fingerprint density at radius 1 is 1.03 bits per heavy atom. The zero-order valence-corrected chi connectivity index (χ0v) is 15.1. The number of rotatable bonds is 7. The van der Waals surface area contributed by atoms with E-state index >= 15 is 0 Å². The van der Waals surface area contributed by atoms with Crippen LogP contribution in [-0.2, 0) is 11.2 Å². The molecule has 0 spiro atoms. The molecular weight excluding hydrogens is 388 g/mol. The van der Waals surface area contributed by atoms with Gasteiger partial charge in [0.25, 0.3) is 0 Å². The molecule has 0 bridgehead atoms. The number of ether oxygens (including phenoxy) is 1. The Morgan fingerprint density at radius 3 is 2.38 bits per heavy atom. The molecule has 0 aliphatic heterocycles. The molecule has 1 atom stereocenters. The van der Waals surface area contributed by atoms with Crippen LogP contribution in [0.3, 0.4) is 0 Å². The summed E-state index contributed by atoms with van der Waals surface area (Å²) >= 11 is 0. The summed E-state index contributed by atoms with van der Waals surface area (Å²) in [4.78, 5) is 20.6. The summed E-state index contributed by atoms with van der Waals surface area (Å²) in [5.41, 5.74) is 1.22. The van der Waals surface area contributed by atoms with E-state index in [1.54, 1.807) is 24.5 Å². The standard InChI is InChI=1S/C21H16F4N2O2/c22-19-4-2-10-27-20(19)18(12-16(28)11-14-3-1-9-26-13-14)15-5-7-17(8-6-15)29-21(23,24)25/h1-10,13,18H,11-12H2/t18-/m0/s1. The fourth-order valence-electron chi connectivity index (χ4n) is 2.96. The Hall–Kier alpha value is -3.29. The van der Waals surface area contributed by atoms with Gasteiger partial charge in [-0.25, -0.2) is 4.39 Å². The monoisotopic (exact) mass is 404 g/mol. The number of benzene rings is 1. The van der Waals surface area contributed by atoms with Gasteiger partial charge in [0.15, 0.2) is 0 Å². The summed E-state index contributed by atoms with van der Waals surface area (Å²) in [6, 6.07) is 11.1. The quantitative estimate of drug-likeness (QED) is 0.529. The predicted molar refractivity (Wildman–Crippen MR) is 96.7 cm³/mol. The zero-order chi connectivity index (χ0) is 20.9. The second kappa shape index (κ2) is 8.81. The van der Waals surface area contributed by atoms with Crippen molar-refractivity contribution in [2.75, 3.05) is 0 Å². The number of carbonyl (C=O) groups is 1. The van der Waals surface area contributed by atoms with Gasteiger partial charge in [0.2, 0.25) is 0 Å². The molecule has 4 nitrogen and oxygen atoms in total. The van der Waals surface area contributed by atoms with E-state index in [0.29, 0.717) is 11.1 Å². The molecule has 8 heteroatoms. The lowest BCUT2D eigenvalue weighted by Gasteiger charge is -2.18. The Kier molecular flexibility index (Phi) is 6.21. The van der Waals surface area contributed by atoms with Crippen molar-refractivity contribution >= 4 is 5.78 Å². The first-order valence-corrected chi connectivity index (χ1v) is 8.68. The van der Waals surface area contributed by atoms with Crippen LogP contribution in [0.1, 0.15) is 29.2 Å². The fraction of sp³-hybridized carbons (Fsp3) is 0.190. The maximum atomic E-state index is 14.3. The van der Waals surface area contributed by atoms with Crippen molar-refractivity contribution < 1.29 is 27.1 Å². The first kappa shape index (κ1) is 20.4. The van der Waals surface area contributed by atoms with E-state index in [1.807, 2.05) is 0 Å². The van der Waals surface area contributed by atoms with E-state index in [2.05, 4.69) is 14.7 Å². The normalized spacial score (nSPS) is 12.4. The number of Topliss-reactive ketones (excluding diaryl/α,β-unsaturated/α-hetero) is 1. The molecular formula is C21H16F4N2O2. The van der Waals surface area contributed by atoms with Gasteiger partial charge in [0.1, 0.15) is 17.3 Å². The molecule has 0 aliphatic rings. The van der Waals surface area contributed by atoms with Gasteiger partial charge in [-0.3, -0.25) is 14.8 Å². The van der Waals surface area contributed by atoms with E-state index in [4.69, 9.17) is 0 Å². The smallest absolute Gasteiger partial charge is 0.406 e. The summed E-state index contributed by atoms with van der Waals surface area (Å²) in [6.07, 6.45) is -0.218. The second-order valence-corrected chi connectivity index (χ2v) is 6.32. The zero-order valence-electron chi connectivity index (χ0n) is 15.1. The number of halogens is 4. The predicted octanol–water partition coefficient (Wildman–Crippen LogP) is 4.85. The van der Waals surface area contributed by atoms with E-state index < -0.39 is 23.8 Å². The number of pyridine rings is 2. The number of nitrogens with zero attached hydrogens (tertiary/aromatic N) is 2. The van der Waals surface area contributed by atoms with Crippen LogP contribution in [0, 0.1) is 5.82 Å². The maximum absolute atomic E-state index is 14.3. The SMILES string of the molecule is O=C(Cc1cccnc1)C[C@@H](c1ccc(OC(F)(F)F)cc1)c1ncccc1F. The summed E-state index contributed by atoms with van der Waals surface area (Å²) in [5.74, 6) is -1.92. The molecule has 0 N–H and O–H groups in total. The van der Waals surface area contributed by atoms with Crippen molar-refractivity contribution in [1.29, 1.82) is 0 Å². The summed E-state index contributed by atoms with van der Waals surface area (Å²) < 4.78 is 55.3. The molecule has 0 amide bonds. The number of aromatic nitrogens is 2. The van der Waals surface area contributed by atoms with Crippen LogP contribution in [0.5, 0.6) is 5.75 Å². The molecule has 29 heavy (non-hydrogen) atoms. The Bertz CT molecular complexity index is 960. The van der Waals surface area contributed by atoms with Crippen LogP contribution in [0.15, 0.2) is 67.1 Å². The molecule has 3 aromatic rings. The van der Waals surface area contributed by atoms with E-state index in [-0.39, 0.29) is 24.3 Å². The van der Waals surface area contributed by atoms with Gasteiger partial charge in [0.05, 0.1) is 5.69 Å². The van der Waals surface area contributed by atoms with Crippen LogP contribution in [0.25, 0.3) is 0 Å². The first-order chi connectivity index (χ1) is 13.8. The minimum absolute atomic E-state index is 0.0523. The summed E-state index contributed by atoms with van der Waals surface area (Å²) in [5, 5.41) is 0. The maximum Gasteiger partial charge on any atom is 0.573 e. The molecule has 0 unspecified atom stereocenters. The topological polar surface area (TPSA) is 52.1 Å². The van der Waals surface area contributed by atoms with Crippen LogP contribution in [0.4, 0.5) is 17.6 Å². The molecule has 0 fully saturated rings. The van der Waals surface area contributed by atoms with Crippen LogP contribution >= 0.6 is 0 Å². The molecule has 150 valence electrons. The third-order valence-electron chi connectivity index (χ3n) is 4.19. The minimum Gasteiger partial charge on any atom is -0.406 e. The molecule has 0 saturated carbocycles. The Morgan fingerprint density at radius 2 is 1.76 bits per heavy atom. The number of hydrogen-bond acceptors (Lipinski definition) is 4. The number of carbonyl (C=O) groups excluding carboxylic acids is 1. The Balaban J connectivity index is 1.86. The van der Waals surface area contributed by atoms with Gasteiger partial charge in [-0.05, 0) is 41.5 Å². The average molecular weight is 404 g/mol. The molecule has 1 aromatic carbocycles. The van der Waals surface area contributed by atoms with Crippen molar-refractivity contribution in [3.63, 3.8) is 0 Å². The summed E-state index contributed by atoms with van der Waals surface area (Å²) in [7, 11) is 0. The van der Waals surface area contributed by atoms with Crippen molar-refractivity contribution in [2.24, 2.45) is 0 Å². The fourth-order valence-corrected chi connectivity index (χ4v) is 2.96. The molecule has 2 aromatic heterocycles. The minimum atomic E-state index is -4.81. The van der Waals surface area contributed by atoms with E-state index in [1.165, 1.54) is 30.5 Å². The van der Waals surface area contributed by atoms with Gasteiger partial charge < -0.3 is 4.74 Å². The molecule has 3 rings (SSSR count). The highest BCUT2D eigenvalue weighted by molar-refractivity contribution is 5.82. The lowest BCUT2D eigenvalue weighted by atomic mass is 9.88. The number of alkyl halides is 3. The van der Waals surface area contributed by atoms with Gasteiger partial charge in [-0.2, -0.15) is 0 Å². The number of hydrogen-bond donors (Lipinski definition) is 0. The third-order valence-corrected chi connectivity index (χ3v) is 4.19. The van der Waals surface area contributed by atoms with E-state index in [0.717, 1.165) is 12.1 Å². The second-order valence-electron chi connectivity index (χ2n) is 6.32. The van der Waals surface area contributed by atoms with Crippen LogP contribution in [0.2, 0.25) is 0 Å². The van der Waals surface area contributed by atoms with E-state index in [9.17, 15) is 22.4 Å². The van der Waals surface area contributed by atoms with Crippen molar-refractivity contribution in [2.45, 2.75) is 25.1 Å². The average Bonchev–Trinajstić information content (AvgIpc) is 2.67. The van der Waals surface area contributed by atoms with Gasteiger partial charge in [-0.15, -0.1) is 13.2 Å². The van der Waals surface area contributed by atoms with Crippen molar-refractivity contribution in [3.8, 4) is 5.75 Å². The molecule has 0 saturated heterocycles. The molecule has 2 heterocycles. The van der Waals surface area contributed by atoms with Gasteiger partial charge in [-0.1, -0.05) is 18.2 Å². The molecule has 0 aliphatic carbocycles. The number of ketones is 1.